The molecule has 0 aromatic heterocycles. The maximum absolute atomic E-state index is 13.7. The number of halogens is 2. The number of carbonyl (C=O) groups is 1. The minimum absolute atomic E-state index is 0. The van der Waals surface area contributed by atoms with Crippen molar-refractivity contribution >= 4 is 18.3 Å². The van der Waals surface area contributed by atoms with Gasteiger partial charge < -0.3 is 15.4 Å². The summed E-state index contributed by atoms with van der Waals surface area (Å²) in [6.07, 6.45) is 2.50. The van der Waals surface area contributed by atoms with Gasteiger partial charge in [-0.1, -0.05) is 42.5 Å². The highest BCUT2D eigenvalue weighted by atomic mass is 35.5. The van der Waals surface area contributed by atoms with E-state index in [-0.39, 0.29) is 43.3 Å². The van der Waals surface area contributed by atoms with Gasteiger partial charge >= 0.3 is 0 Å². The molecule has 1 unspecified atom stereocenters. The molecular formula is C20H24ClFN2O2. The molecule has 1 fully saturated rings. The van der Waals surface area contributed by atoms with Crippen molar-refractivity contribution in [3.8, 4) is 5.75 Å². The summed E-state index contributed by atoms with van der Waals surface area (Å²) >= 11 is 0. The van der Waals surface area contributed by atoms with Gasteiger partial charge in [0.05, 0.1) is 12.6 Å². The van der Waals surface area contributed by atoms with Gasteiger partial charge in [-0.25, -0.2) is 4.39 Å². The summed E-state index contributed by atoms with van der Waals surface area (Å²) < 4.78 is 19.3. The van der Waals surface area contributed by atoms with Crippen LogP contribution in [-0.2, 0) is 4.79 Å². The fourth-order valence-electron chi connectivity index (χ4n) is 2.60. The van der Waals surface area contributed by atoms with Gasteiger partial charge in [-0.2, -0.15) is 0 Å². The highest BCUT2D eigenvalue weighted by Gasteiger charge is 2.21. The molecule has 0 heterocycles. The summed E-state index contributed by atoms with van der Waals surface area (Å²) in [5, 5.41) is 6.14. The first kappa shape index (κ1) is 20.2. The zero-order valence-corrected chi connectivity index (χ0v) is 15.3. The second-order valence-electron chi connectivity index (χ2n) is 6.35. The average Bonchev–Trinajstić information content (AvgIpc) is 3.45. The van der Waals surface area contributed by atoms with Gasteiger partial charge in [0.15, 0.2) is 11.6 Å². The van der Waals surface area contributed by atoms with Crippen molar-refractivity contribution in [2.45, 2.75) is 18.9 Å². The quantitative estimate of drug-likeness (QED) is 0.702. The fraction of sp³-hybridized carbons (Fsp3) is 0.350. The van der Waals surface area contributed by atoms with Gasteiger partial charge in [-0.3, -0.25) is 4.79 Å². The Morgan fingerprint density at radius 3 is 2.50 bits per heavy atom. The summed E-state index contributed by atoms with van der Waals surface area (Å²) in [7, 11) is 0. The summed E-state index contributed by atoms with van der Waals surface area (Å²) in [5.41, 5.74) is 0.925. The molecule has 1 aliphatic carbocycles. The van der Waals surface area contributed by atoms with E-state index < -0.39 is 5.82 Å². The Hall–Kier alpha value is -2.11. The van der Waals surface area contributed by atoms with Gasteiger partial charge in [0.2, 0.25) is 5.91 Å². The van der Waals surface area contributed by atoms with E-state index in [9.17, 15) is 9.18 Å². The Bertz CT molecular complexity index is 695. The molecule has 0 bridgehead atoms. The van der Waals surface area contributed by atoms with Crippen LogP contribution in [0.15, 0.2) is 54.6 Å². The molecule has 6 heteroatoms. The summed E-state index contributed by atoms with van der Waals surface area (Å²) in [6.45, 7) is 1.33. The van der Waals surface area contributed by atoms with Crippen molar-refractivity contribution in [3.05, 3.63) is 66.0 Å². The number of carbonyl (C=O) groups excluding carboxylic acids is 1. The van der Waals surface area contributed by atoms with E-state index in [2.05, 4.69) is 10.6 Å². The Kier molecular flexibility index (Phi) is 7.88. The summed E-state index contributed by atoms with van der Waals surface area (Å²) in [6, 6.07) is 15.5. The molecule has 1 amide bonds. The van der Waals surface area contributed by atoms with Crippen molar-refractivity contribution in [3.63, 3.8) is 0 Å². The van der Waals surface area contributed by atoms with Crippen LogP contribution in [-0.4, -0.2) is 25.6 Å². The van der Waals surface area contributed by atoms with E-state index in [1.807, 2.05) is 30.3 Å². The van der Waals surface area contributed by atoms with E-state index >= 15 is 0 Å². The van der Waals surface area contributed by atoms with Gasteiger partial charge in [0.1, 0.15) is 6.61 Å². The molecule has 0 saturated heterocycles. The number of para-hydroxylation sites is 1. The first-order valence-corrected chi connectivity index (χ1v) is 8.64. The molecule has 4 nitrogen and oxygen atoms in total. The van der Waals surface area contributed by atoms with Crippen molar-refractivity contribution in [2.24, 2.45) is 5.92 Å². The number of benzene rings is 2. The van der Waals surface area contributed by atoms with Crippen molar-refractivity contribution < 1.29 is 13.9 Å². The number of ether oxygens (including phenoxy) is 1. The highest BCUT2D eigenvalue weighted by molar-refractivity contribution is 5.85. The van der Waals surface area contributed by atoms with E-state index in [1.165, 1.54) is 18.9 Å². The SMILES string of the molecule is Cl.O=C(CNCC1CC1)NC(COc1ccccc1F)c1ccccc1. The van der Waals surface area contributed by atoms with Crippen molar-refractivity contribution in [1.82, 2.24) is 10.6 Å². The molecule has 3 rings (SSSR count). The van der Waals surface area contributed by atoms with Crippen molar-refractivity contribution in [1.29, 1.82) is 0 Å². The van der Waals surface area contributed by atoms with Gasteiger partial charge in [-0.15, -0.1) is 12.4 Å². The Morgan fingerprint density at radius 2 is 1.81 bits per heavy atom. The third kappa shape index (κ3) is 6.32. The number of rotatable bonds is 9. The van der Waals surface area contributed by atoms with Crippen LogP contribution in [0.5, 0.6) is 5.75 Å². The van der Waals surface area contributed by atoms with E-state index in [0.717, 1.165) is 18.0 Å². The lowest BCUT2D eigenvalue weighted by Gasteiger charge is -2.20. The third-order valence-corrected chi connectivity index (χ3v) is 4.19. The third-order valence-electron chi connectivity index (χ3n) is 4.19. The molecule has 2 aromatic carbocycles. The Labute approximate surface area is 159 Å². The molecule has 1 aliphatic rings. The Balaban J connectivity index is 0.00000243. The van der Waals surface area contributed by atoms with Crippen LogP contribution in [0.25, 0.3) is 0 Å². The standard InChI is InChI=1S/C20H23FN2O2.ClH/c21-17-8-4-5-9-19(17)25-14-18(16-6-2-1-3-7-16)23-20(24)13-22-12-15-10-11-15;/h1-9,15,18,22H,10-14H2,(H,23,24);1H. The van der Waals surface area contributed by atoms with Gasteiger partial charge in [0, 0.05) is 0 Å². The zero-order valence-electron chi connectivity index (χ0n) is 14.5. The van der Waals surface area contributed by atoms with Crippen LogP contribution in [0, 0.1) is 11.7 Å². The molecule has 2 aromatic rings. The molecule has 1 atom stereocenters. The van der Waals surface area contributed by atoms with Crippen LogP contribution in [0.4, 0.5) is 4.39 Å². The minimum Gasteiger partial charge on any atom is -0.488 e. The molecule has 0 spiro atoms. The first-order valence-electron chi connectivity index (χ1n) is 8.64. The van der Waals surface area contributed by atoms with Crippen LogP contribution < -0.4 is 15.4 Å². The molecule has 1 saturated carbocycles. The molecule has 26 heavy (non-hydrogen) atoms. The molecule has 0 radical (unpaired) electrons. The largest absolute Gasteiger partial charge is 0.488 e. The first-order chi connectivity index (χ1) is 12.2. The fourth-order valence-corrected chi connectivity index (χ4v) is 2.60. The second kappa shape index (κ2) is 10.1. The summed E-state index contributed by atoms with van der Waals surface area (Å²) in [5.74, 6) is 0.407. The predicted molar refractivity (Wildman–Crippen MR) is 102 cm³/mol. The minimum atomic E-state index is -0.410. The smallest absolute Gasteiger partial charge is 0.234 e. The second-order valence-corrected chi connectivity index (χ2v) is 6.35. The maximum Gasteiger partial charge on any atom is 0.234 e. The number of nitrogens with one attached hydrogen (secondary N) is 2. The normalized spacial score (nSPS) is 14.2. The van der Waals surface area contributed by atoms with E-state index in [4.69, 9.17) is 4.74 Å². The number of hydrogen-bond donors (Lipinski definition) is 2. The number of hydrogen-bond acceptors (Lipinski definition) is 3. The summed E-state index contributed by atoms with van der Waals surface area (Å²) in [4.78, 5) is 12.2. The van der Waals surface area contributed by atoms with Crippen LogP contribution in [0.2, 0.25) is 0 Å². The number of amides is 1. The van der Waals surface area contributed by atoms with Crippen molar-refractivity contribution in [2.75, 3.05) is 19.7 Å². The van der Waals surface area contributed by atoms with Gasteiger partial charge in [0.25, 0.3) is 0 Å². The topological polar surface area (TPSA) is 50.4 Å². The van der Waals surface area contributed by atoms with Crippen LogP contribution in [0.1, 0.15) is 24.4 Å². The molecule has 140 valence electrons. The zero-order chi connectivity index (χ0) is 17.5. The van der Waals surface area contributed by atoms with Gasteiger partial charge in [-0.05, 0) is 43.0 Å². The maximum atomic E-state index is 13.7. The van der Waals surface area contributed by atoms with Crippen LogP contribution >= 0.6 is 12.4 Å². The van der Waals surface area contributed by atoms with E-state index in [0.29, 0.717) is 0 Å². The monoisotopic (exact) mass is 378 g/mol. The molecular weight excluding hydrogens is 355 g/mol. The molecule has 2 N–H and O–H groups in total. The lowest BCUT2D eigenvalue weighted by atomic mass is 10.1. The van der Waals surface area contributed by atoms with E-state index in [1.54, 1.807) is 18.2 Å². The lowest BCUT2D eigenvalue weighted by molar-refractivity contribution is -0.121. The highest BCUT2D eigenvalue weighted by Crippen LogP contribution is 2.27. The Morgan fingerprint density at radius 1 is 1.12 bits per heavy atom. The molecule has 0 aliphatic heterocycles. The predicted octanol–water partition coefficient (Wildman–Crippen LogP) is 3.48. The lowest BCUT2D eigenvalue weighted by Crippen LogP contribution is -2.39. The van der Waals surface area contributed by atoms with Crippen LogP contribution in [0.3, 0.4) is 0 Å². The average molecular weight is 379 g/mol.